The van der Waals surface area contributed by atoms with E-state index >= 15 is 0 Å². The molecule has 1 aliphatic rings. The lowest BCUT2D eigenvalue weighted by Crippen LogP contribution is -2.46. The largest absolute Gasteiger partial charge is 0.480 e. The Morgan fingerprint density at radius 2 is 1.89 bits per heavy atom. The van der Waals surface area contributed by atoms with E-state index in [1.54, 1.807) is 24.3 Å². The van der Waals surface area contributed by atoms with Crippen LogP contribution in [0, 0.1) is 0 Å². The molecule has 2 aromatic carbocycles. The number of halogens is 1. The van der Waals surface area contributed by atoms with Gasteiger partial charge in [-0.15, -0.1) is 0 Å². The number of fused-ring (bicyclic) bond motifs is 1. The van der Waals surface area contributed by atoms with Crippen molar-refractivity contribution < 1.29 is 23.1 Å². The van der Waals surface area contributed by atoms with Crippen LogP contribution in [0.2, 0.25) is 5.02 Å². The molecule has 0 spiro atoms. The molecule has 2 atom stereocenters. The molecule has 9 heteroatoms. The first-order valence-electron chi connectivity index (χ1n) is 8.33. The van der Waals surface area contributed by atoms with Gasteiger partial charge in [0.25, 0.3) is 0 Å². The number of sulfonamides is 1. The molecule has 0 bridgehead atoms. The van der Waals surface area contributed by atoms with Crippen molar-refractivity contribution in [3.8, 4) is 0 Å². The number of carboxylic acid groups (broad SMARTS) is 1. The van der Waals surface area contributed by atoms with Crippen molar-refractivity contribution >= 4 is 44.3 Å². The fourth-order valence-electron chi connectivity index (χ4n) is 3.23. The highest BCUT2D eigenvalue weighted by Gasteiger charge is 2.42. The Morgan fingerprint density at radius 3 is 2.56 bits per heavy atom. The van der Waals surface area contributed by atoms with E-state index < -0.39 is 34.0 Å². The van der Waals surface area contributed by atoms with E-state index in [9.17, 15) is 18.0 Å². The Bertz CT molecular complexity index is 1020. The number of carbonyl (C=O) groups is 2. The number of nitrogens with zero attached hydrogens (tertiary/aromatic N) is 2. The lowest BCUT2D eigenvalue weighted by Gasteiger charge is -2.25. The first-order valence-corrected chi connectivity index (χ1v) is 10.2. The third-order valence-corrected chi connectivity index (χ3v) is 7.02. The van der Waals surface area contributed by atoms with Crippen LogP contribution < -0.4 is 0 Å². The fourth-order valence-corrected chi connectivity index (χ4v) is 4.79. The number of hydrogen-bond acceptors (Lipinski definition) is 4. The second-order valence-corrected chi connectivity index (χ2v) is 8.96. The zero-order valence-corrected chi connectivity index (χ0v) is 16.4. The van der Waals surface area contributed by atoms with Gasteiger partial charge in [0.15, 0.2) is 0 Å². The number of benzene rings is 2. The molecule has 144 valence electrons. The zero-order valence-electron chi connectivity index (χ0n) is 14.8. The van der Waals surface area contributed by atoms with Gasteiger partial charge in [-0.1, -0.05) is 23.7 Å². The first kappa shape index (κ1) is 19.6. The van der Waals surface area contributed by atoms with Gasteiger partial charge in [-0.2, -0.15) is 4.31 Å². The van der Waals surface area contributed by atoms with Crippen LogP contribution in [0.3, 0.4) is 0 Å². The maximum absolute atomic E-state index is 13.0. The number of amides is 1. The van der Waals surface area contributed by atoms with E-state index in [1.165, 1.54) is 31.0 Å². The number of likely N-dealkylation sites (N-methyl/N-ethyl adjacent to an activating group) is 1. The van der Waals surface area contributed by atoms with Crippen LogP contribution in [0.5, 0.6) is 0 Å². The van der Waals surface area contributed by atoms with Crippen LogP contribution in [-0.2, 0) is 19.6 Å². The highest BCUT2D eigenvalue weighted by Crippen LogP contribution is 2.27. The van der Waals surface area contributed by atoms with Crippen LogP contribution in [0.25, 0.3) is 10.8 Å². The van der Waals surface area contributed by atoms with E-state index in [0.29, 0.717) is 10.4 Å². The van der Waals surface area contributed by atoms with E-state index in [-0.39, 0.29) is 17.9 Å². The molecular formula is C18H19ClN2O5S. The predicted molar refractivity (Wildman–Crippen MR) is 101 cm³/mol. The topological polar surface area (TPSA) is 95.0 Å². The zero-order chi connectivity index (χ0) is 19.9. The summed E-state index contributed by atoms with van der Waals surface area (Å²) in [5, 5.41) is 11.2. The summed E-state index contributed by atoms with van der Waals surface area (Å²) in [7, 11) is -2.57. The number of carboxylic acids is 1. The second-order valence-electron chi connectivity index (χ2n) is 6.52. The van der Waals surface area contributed by atoms with Gasteiger partial charge in [-0.3, -0.25) is 4.79 Å². The molecule has 2 aromatic rings. The summed E-state index contributed by atoms with van der Waals surface area (Å²) in [5.74, 6) is -1.62. The molecule has 7 nitrogen and oxygen atoms in total. The van der Waals surface area contributed by atoms with Gasteiger partial charge in [0.2, 0.25) is 15.9 Å². The highest BCUT2D eigenvalue weighted by atomic mass is 35.5. The summed E-state index contributed by atoms with van der Waals surface area (Å²) in [6.45, 7) is 1.61. The predicted octanol–water partition coefficient (Wildman–Crippen LogP) is 2.19. The Hall–Kier alpha value is -2.16. The smallest absolute Gasteiger partial charge is 0.326 e. The van der Waals surface area contributed by atoms with Gasteiger partial charge in [0, 0.05) is 18.6 Å². The number of hydrogen-bond donors (Lipinski definition) is 1. The molecule has 0 aromatic heterocycles. The highest BCUT2D eigenvalue weighted by molar-refractivity contribution is 7.89. The number of likely N-dealkylation sites (tertiary alicyclic amines) is 1. The maximum atomic E-state index is 13.0. The minimum Gasteiger partial charge on any atom is -0.480 e. The van der Waals surface area contributed by atoms with Gasteiger partial charge in [-0.05, 0) is 48.4 Å². The summed E-state index contributed by atoms with van der Waals surface area (Å²) in [4.78, 5) is 25.0. The quantitative estimate of drug-likeness (QED) is 0.815. The van der Waals surface area contributed by atoms with Gasteiger partial charge >= 0.3 is 5.97 Å². The van der Waals surface area contributed by atoms with Crippen LogP contribution in [0.15, 0.2) is 41.3 Å². The monoisotopic (exact) mass is 410 g/mol. The van der Waals surface area contributed by atoms with Crippen LogP contribution >= 0.6 is 11.6 Å². The maximum Gasteiger partial charge on any atom is 0.326 e. The minimum absolute atomic E-state index is 0.0670. The number of carbonyl (C=O) groups excluding carboxylic acids is 1. The molecule has 1 aliphatic heterocycles. The Balaban J connectivity index is 1.90. The van der Waals surface area contributed by atoms with E-state index in [2.05, 4.69) is 0 Å². The molecule has 1 N–H and O–H groups in total. The molecule has 1 heterocycles. The van der Waals surface area contributed by atoms with Gasteiger partial charge < -0.3 is 10.0 Å². The summed E-state index contributed by atoms with van der Waals surface area (Å²) < 4.78 is 27.0. The van der Waals surface area contributed by atoms with Crippen molar-refractivity contribution in [3.63, 3.8) is 0 Å². The second kappa shape index (κ2) is 7.10. The molecule has 0 unspecified atom stereocenters. The first-order chi connectivity index (χ1) is 12.6. The van der Waals surface area contributed by atoms with E-state index in [0.717, 1.165) is 9.69 Å². The minimum atomic E-state index is -3.92. The molecule has 27 heavy (non-hydrogen) atoms. The average Bonchev–Trinajstić information content (AvgIpc) is 3.00. The van der Waals surface area contributed by atoms with Crippen molar-refractivity contribution in [1.82, 2.24) is 9.21 Å². The summed E-state index contributed by atoms with van der Waals surface area (Å²) >= 11 is 5.95. The van der Waals surface area contributed by atoms with Crippen molar-refractivity contribution in [3.05, 3.63) is 41.4 Å². The molecular weight excluding hydrogens is 392 g/mol. The molecule has 0 aliphatic carbocycles. The fraction of sp³-hybridized carbons (Fsp3) is 0.333. The van der Waals surface area contributed by atoms with Crippen molar-refractivity contribution in [2.24, 2.45) is 0 Å². The Kier molecular flexibility index (Phi) is 5.16. The van der Waals surface area contributed by atoms with E-state index in [4.69, 9.17) is 16.7 Å². The molecule has 1 fully saturated rings. The lowest BCUT2D eigenvalue weighted by atomic mass is 10.1. The molecule has 3 rings (SSSR count). The van der Waals surface area contributed by atoms with Gasteiger partial charge in [-0.25, -0.2) is 13.2 Å². The molecule has 0 radical (unpaired) electrons. The van der Waals surface area contributed by atoms with E-state index in [1.807, 2.05) is 0 Å². The van der Waals surface area contributed by atoms with Crippen LogP contribution in [0.4, 0.5) is 0 Å². The number of rotatable bonds is 5. The standard InChI is InChI=1S/C18H19ClN2O5S/c1-11(18(23)24)21-8-7-16(17(21)22)20(2)27(25,26)15-6-4-12-9-14(19)5-3-13(12)10-15/h3-6,9-11,16H,7-8H2,1-2H3,(H,23,24)/t11-,16-/m0/s1. The Labute approximate surface area is 162 Å². The Morgan fingerprint density at radius 1 is 1.26 bits per heavy atom. The van der Waals surface area contributed by atoms with Crippen molar-refractivity contribution in [2.45, 2.75) is 30.3 Å². The lowest BCUT2D eigenvalue weighted by molar-refractivity contribution is -0.148. The molecule has 1 saturated heterocycles. The normalized spacial score (nSPS) is 19.0. The SMILES string of the molecule is C[C@@H](C(=O)O)N1CC[C@H](N(C)S(=O)(=O)c2ccc3cc(Cl)ccc3c2)C1=O. The summed E-state index contributed by atoms with van der Waals surface area (Å²) in [6, 6.07) is 7.90. The summed E-state index contributed by atoms with van der Waals surface area (Å²) in [6.07, 6.45) is 0.245. The van der Waals surface area contributed by atoms with Crippen molar-refractivity contribution in [2.75, 3.05) is 13.6 Å². The molecule has 0 saturated carbocycles. The van der Waals surface area contributed by atoms with Crippen LogP contribution in [-0.4, -0.2) is 60.3 Å². The van der Waals surface area contributed by atoms with Gasteiger partial charge in [0.1, 0.15) is 12.1 Å². The molecule has 1 amide bonds. The number of aliphatic carboxylic acids is 1. The summed E-state index contributed by atoms with van der Waals surface area (Å²) in [5.41, 5.74) is 0. The average molecular weight is 411 g/mol. The van der Waals surface area contributed by atoms with Crippen molar-refractivity contribution in [1.29, 1.82) is 0 Å². The third kappa shape index (κ3) is 3.52. The third-order valence-electron chi connectivity index (χ3n) is 4.93. The van der Waals surface area contributed by atoms with Gasteiger partial charge in [0.05, 0.1) is 4.90 Å². The van der Waals surface area contributed by atoms with Crippen LogP contribution in [0.1, 0.15) is 13.3 Å².